The van der Waals surface area contributed by atoms with Gasteiger partial charge in [0.2, 0.25) is 10.0 Å². The van der Waals surface area contributed by atoms with Crippen LogP contribution < -0.4 is 4.72 Å². The third kappa shape index (κ3) is 4.23. The molecule has 0 saturated carbocycles. The van der Waals surface area contributed by atoms with E-state index in [1.165, 1.54) is 12.3 Å². The molecule has 1 aromatic heterocycles. The van der Waals surface area contributed by atoms with Gasteiger partial charge in [-0.2, -0.15) is 13.2 Å². The smallest absolute Gasteiger partial charge is 0.338 e. The third-order valence-corrected chi connectivity index (χ3v) is 4.12. The van der Waals surface area contributed by atoms with Crippen molar-refractivity contribution in [2.45, 2.75) is 6.18 Å². The molecule has 0 unspecified atom stereocenters. The van der Waals surface area contributed by atoms with Gasteiger partial charge in [-0.05, 0) is 24.3 Å². The van der Waals surface area contributed by atoms with Gasteiger partial charge in [0, 0.05) is 16.8 Å². The molecule has 2 N–H and O–H groups in total. The van der Waals surface area contributed by atoms with E-state index in [9.17, 15) is 21.6 Å². The average Bonchev–Trinajstić information content (AvgIpc) is 3.03. The molecule has 0 amide bonds. The standard InChI is InChI=1S/C17H14F3N3O2S/c1-26(24,25)23-14-7-3-5-12(9-14)16-21-10-15(22-16)11-4-2-6-13(8-11)17(18,19)20/h2-10,23H,1H3,(H,21,22). The summed E-state index contributed by atoms with van der Waals surface area (Å²) in [5, 5.41) is 0. The van der Waals surface area contributed by atoms with Crippen LogP contribution in [0.4, 0.5) is 18.9 Å². The first-order valence-corrected chi connectivity index (χ1v) is 9.32. The summed E-state index contributed by atoms with van der Waals surface area (Å²) in [6.45, 7) is 0. The van der Waals surface area contributed by atoms with Crippen molar-refractivity contribution in [3.63, 3.8) is 0 Å². The average molecular weight is 381 g/mol. The topological polar surface area (TPSA) is 74.8 Å². The molecule has 0 bridgehead atoms. The van der Waals surface area contributed by atoms with Crippen LogP contribution in [0.5, 0.6) is 0 Å². The summed E-state index contributed by atoms with van der Waals surface area (Å²) in [5.74, 6) is 0.412. The zero-order chi connectivity index (χ0) is 18.9. The molecule has 136 valence electrons. The molecule has 5 nitrogen and oxygen atoms in total. The van der Waals surface area contributed by atoms with Crippen molar-refractivity contribution in [3.8, 4) is 22.6 Å². The molecule has 9 heteroatoms. The van der Waals surface area contributed by atoms with Crippen LogP contribution in [0.3, 0.4) is 0 Å². The Balaban J connectivity index is 1.93. The predicted octanol–water partition coefficient (Wildman–Crippen LogP) is 4.13. The number of nitrogens with zero attached hydrogens (tertiary/aromatic N) is 1. The minimum absolute atomic E-state index is 0.351. The van der Waals surface area contributed by atoms with Crippen molar-refractivity contribution in [3.05, 3.63) is 60.3 Å². The van der Waals surface area contributed by atoms with Gasteiger partial charge in [0.1, 0.15) is 5.82 Å². The molecule has 3 rings (SSSR count). The Morgan fingerprint density at radius 1 is 1.04 bits per heavy atom. The van der Waals surface area contributed by atoms with Crippen molar-refractivity contribution in [1.82, 2.24) is 9.97 Å². The first kappa shape index (κ1) is 18.0. The molecule has 0 aliphatic rings. The fourth-order valence-electron chi connectivity index (χ4n) is 2.42. The molecule has 0 radical (unpaired) electrons. The van der Waals surface area contributed by atoms with E-state index in [-0.39, 0.29) is 0 Å². The fourth-order valence-corrected chi connectivity index (χ4v) is 2.98. The number of rotatable bonds is 4. The van der Waals surface area contributed by atoms with E-state index >= 15 is 0 Å². The Hall–Kier alpha value is -2.81. The maximum absolute atomic E-state index is 12.9. The third-order valence-electron chi connectivity index (χ3n) is 3.52. The number of aromatic nitrogens is 2. The lowest BCUT2D eigenvalue weighted by molar-refractivity contribution is -0.137. The number of alkyl halides is 3. The number of aromatic amines is 1. The van der Waals surface area contributed by atoms with Gasteiger partial charge in [-0.25, -0.2) is 13.4 Å². The summed E-state index contributed by atoms with van der Waals surface area (Å²) in [5.41, 5.74) is 0.987. The van der Waals surface area contributed by atoms with Crippen LogP contribution in [-0.2, 0) is 16.2 Å². The van der Waals surface area contributed by atoms with Gasteiger partial charge in [-0.15, -0.1) is 0 Å². The first-order valence-electron chi connectivity index (χ1n) is 7.43. The van der Waals surface area contributed by atoms with Crippen molar-refractivity contribution in [1.29, 1.82) is 0 Å². The zero-order valence-corrected chi connectivity index (χ0v) is 14.3. The van der Waals surface area contributed by atoms with E-state index < -0.39 is 21.8 Å². The SMILES string of the molecule is CS(=O)(=O)Nc1cccc(-c2ncc(-c3cccc(C(F)(F)F)c3)[nH]2)c1. The van der Waals surface area contributed by atoms with E-state index in [1.54, 1.807) is 30.3 Å². The molecule has 0 saturated heterocycles. The molecular formula is C17H14F3N3O2S. The Labute approximate surface area is 148 Å². The highest BCUT2D eigenvalue weighted by Gasteiger charge is 2.30. The van der Waals surface area contributed by atoms with E-state index in [0.29, 0.717) is 28.3 Å². The Morgan fingerprint density at radius 2 is 1.73 bits per heavy atom. The molecule has 2 aromatic carbocycles. The number of benzene rings is 2. The summed E-state index contributed by atoms with van der Waals surface area (Å²) in [6, 6.07) is 11.4. The largest absolute Gasteiger partial charge is 0.416 e. The van der Waals surface area contributed by atoms with E-state index in [2.05, 4.69) is 14.7 Å². The van der Waals surface area contributed by atoms with Gasteiger partial charge in [0.05, 0.1) is 23.7 Å². The van der Waals surface area contributed by atoms with Gasteiger partial charge in [0.25, 0.3) is 0 Å². The van der Waals surface area contributed by atoms with Crippen LogP contribution in [0.15, 0.2) is 54.7 Å². The van der Waals surface area contributed by atoms with Crippen LogP contribution in [0, 0.1) is 0 Å². The molecule has 0 aliphatic heterocycles. The van der Waals surface area contributed by atoms with E-state index in [4.69, 9.17) is 0 Å². The Bertz CT molecular complexity index is 1040. The lowest BCUT2D eigenvalue weighted by Crippen LogP contribution is -2.09. The second kappa shape index (κ2) is 6.49. The van der Waals surface area contributed by atoms with Crippen LogP contribution >= 0.6 is 0 Å². The van der Waals surface area contributed by atoms with E-state index in [0.717, 1.165) is 18.4 Å². The molecule has 3 aromatic rings. The fraction of sp³-hybridized carbons (Fsp3) is 0.118. The summed E-state index contributed by atoms with van der Waals surface area (Å²) in [7, 11) is -3.42. The molecule has 26 heavy (non-hydrogen) atoms. The molecule has 0 aliphatic carbocycles. The monoisotopic (exact) mass is 381 g/mol. The number of H-pyrrole nitrogens is 1. The van der Waals surface area contributed by atoms with Crippen molar-refractivity contribution in [2.24, 2.45) is 0 Å². The lowest BCUT2D eigenvalue weighted by Gasteiger charge is -2.07. The van der Waals surface area contributed by atoms with Crippen LogP contribution in [0.1, 0.15) is 5.56 Å². The van der Waals surface area contributed by atoms with Crippen molar-refractivity contribution >= 4 is 15.7 Å². The minimum Gasteiger partial charge on any atom is -0.338 e. The van der Waals surface area contributed by atoms with Crippen LogP contribution in [-0.4, -0.2) is 24.6 Å². The summed E-state index contributed by atoms with van der Waals surface area (Å²) in [4.78, 5) is 7.14. The number of hydrogen-bond donors (Lipinski definition) is 2. The number of halogens is 3. The highest BCUT2D eigenvalue weighted by atomic mass is 32.2. The van der Waals surface area contributed by atoms with E-state index in [1.807, 2.05) is 0 Å². The number of imidazole rings is 1. The zero-order valence-electron chi connectivity index (χ0n) is 13.5. The summed E-state index contributed by atoms with van der Waals surface area (Å²) >= 11 is 0. The lowest BCUT2D eigenvalue weighted by atomic mass is 10.1. The van der Waals surface area contributed by atoms with Gasteiger partial charge in [-0.3, -0.25) is 4.72 Å². The van der Waals surface area contributed by atoms with Gasteiger partial charge >= 0.3 is 6.18 Å². The molecule has 0 atom stereocenters. The Morgan fingerprint density at radius 3 is 2.42 bits per heavy atom. The van der Waals surface area contributed by atoms with Crippen molar-refractivity contribution in [2.75, 3.05) is 11.0 Å². The molecule has 0 fully saturated rings. The van der Waals surface area contributed by atoms with Crippen LogP contribution in [0.2, 0.25) is 0 Å². The summed E-state index contributed by atoms with van der Waals surface area (Å²) < 4.78 is 63.6. The minimum atomic E-state index is -4.43. The Kier molecular flexibility index (Phi) is 4.49. The maximum atomic E-state index is 12.9. The highest BCUT2D eigenvalue weighted by molar-refractivity contribution is 7.92. The number of nitrogens with one attached hydrogen (secondary N) is 2. The maximum Gasteiger partial charge on any atom is 0.416 e. The van der Waals surface area contributed by atoms with Crippen LogP contribution in [0.25, 0.3) is 22.6 Å². The molecule has 0 spiro atoms. The second-order valence-corrected chi connectivity index (χ2v) is 7.43. The predicted molar refractivity (Wildman–Crippen MR) is 92.9 cm³/mol. The summed E-state index contributed by atoms with van der Waals surface area (Å²) in [6.07, 6.45) is -1.95. The van der Waals surface area contributed by atoms with Crippen molar-refractivity contribution < 1.29 is 21.6 Å². The first-order chi connectivity index (χ1) is 12.1. The van der Waals surface area contributed by atoms with Gasteiger partial charge in [-0.1, -0.05) is 24.3 Å². The number of sulfonamides is 1. The number of hydrogen-bond acceptors (Lipinski definition) is 3. The second-order valence-electron chi connectivity index (χ2n) is 5.68. The van der Waals surface area contributed by atoms with Gasteiger partial charge in [0.15, 0.2) is 0 Å². The quantitative estimate of drug-likeness (QED) is 0.713. The highest BCUT2D eigenvalue weighted by Crippen LogP contribution is 2.32. The molecule has 1 heterocycles. The normalized spacial score (nSPS) is 12.2. The number of anilines is 1. The molecular weight excluding hydrogens is 367 g/mol. The van der Waals surface area contributed by atoms with Gasteiger partial charge < -0.3 is 4.98 Å².